The summed E-state index contributed by atoms with van der Waals surface area (Å²) < 4.78 is 5.05. The van der Waals surface area contributed by atoms with Gasteiger partial charge < -0.3 is 15.2 Å². The third-order valence-electron chi connectivity index (χ3n) is 3.86. The summed E-state index contributed by atoms with van der Waals surface area (Å²) in [6.45, 7) is 4.87. The number of amides is 2. The van der Waals surface area contributed by atoms with E-state index in [1.165, 1.54) is 0 Å². The van der Waals surface area contributed by atoms with E-state index >= 15 is 0 Å². The van der Waals surface area contributed by atoms with Gasteiger partial charge in [-0.05, 0) is 56.2 Å². The van der Waals surface area contributed by atoms with Gasteiger partial charge in [0, 0.05) is 10.0 Å². The molecule has 0 saturated carbocycles. The zero-order valence-electron chi connectivity index (χ0n) is 16.6. The van der Waals surface area contributed by atoms with Crippen molar-refractivity contribution in [3.63, 3.8) is 0 Å². The molecule has 0 aliphatic carbocycles. The molecule has 1 atom stereocenters. The van der Waals surface area contributed by atoms with Crippen LogP contribution in [-0.2, 0) is 14.3 Å². The number of hydrogen-bond acceptors (Lipinski definition) is 4. The Labute approximate surface area is 184 Å². The van der Waals surface area contributed by atoms with Crippen LogP contribution in [0.25, 0.3) is 0 Å². The lowest BCUT2D eigenvalue weighted by Gasteiger charge is -2.24. The first-order chi connectivity index (χ1) is 14.0. The summed E-state index contributed by atoms with van der Waals surface area (Å²) in [5.74, 6) is -2.44. The number of alkyl carbamates (subject to hydrolysis) is 1. The predicted molar refractivity (Wildman–Crippen MR) is 114 cm³/mol. The number of carboxylic acids is 1. The first-order valence-electron chi connectivity index (χ1n) is 9.00. The minimum atomic E-state index is -1.85. The maximum absolute atomic E-state index is 12.8. The highest BCUT2D eigenvalue weighted by molar-refractivity contribution is 6.30. The van der Waals surface area contributed by atoms with Crippen LogP contribution in [-0.4, -0.2) is 34.7 Å². The van der Waals surface area contributed by atoms with Crippen LogP contribution in [0.2, 0.25) is 10.0 Å². The Hall–Kier alpha value is -2.77. The quantitative estimate of drug-likeness (QED) is 0.570. The Kier molecular flexibility index (Phi) is 7.70. The minimum absolute atomic E-state index is 0.509. The summed E-state index contributed by atoms with van der Waals surface area (Å²) in [7, 11) is 0. The number of carboxylic acid groups (broad SMARTS) is 1. The number of benzene rings is 2. The molecular formula is C21H22Cl2N2O5. The van der Waals surface area contributed by atoms with Gasteiger partial charge in [-0.25, -0.2) is 9.59 Å². The number of nitrogens with one attached hydrogen (secondary N) is 2. The maximum atomic E-state index is 12.8. The first-order valence-corrected chi connectivity index (χ1v) is 9.75. The summed E-state index contributed by atoms with van der Waals surface area (Å²) in [5.41, 5.74) is 0.478. The lowest BCUT2D eigenvalue weighted by molar-refractivity contribution is -0.144. The second-order valence-electron chi connectivity index (χ2n) is 7.46. The molecule has 0 saturated heterocycles. The normalized spacial score (nSPS) is 12.2. The molecule has 0 radical (unpaired) electrons. The fourth-order valence-corrected chi connectivity index (χ4v) is 2.81. The van der Waals surface area contributed by atoms with Crippen molar-refractivity contribution in [2.75, 3.05) is 0 Å². The fourth-order valence-electron chi connectivity index (χ4n) is 2.56. The highest BCUT2D eigenvalue weighted by Gasteiger charge is 2.32. The maximum Gasteiger partial charge on any atom is 0.408 e. The van der Waals surface area contributed by atoms with Crippen LogP contribution in [0.3, 0.4) is 0 Å². The molecule has 9 heteroatoms. The van der Waals surface area contributed by atoms with Crippen molar-refractivity contribution in [1.29, 1.82) is 0 Å². The monoisotopic (exact) mass is 452 g/mol. The van der Waals surface area contributed by atoms with Crippen molar-refractivity contribution >= 4 is 41.2 Å². The number of aliphatic carboxylic acids is 1. The van der Waals surface area contributed by atoms with Gasteiger partial charge >= 0.3 is 12.1 Å². The molecule has 0 aliphatic heterocycles. The van der Waals surface area contributed by atoms with E-state index in [0.717, 1.165) is 0 Å². The molecule has 160 valence electrons. The van der Waals surface area contributed by atoms with Gasteiger partial charge in [0.1, 0.15) is 5.60 Å². The summed E-state index contributed by atoms with van der Waals surface area (Å²) >= 11 is 11.9. The standard InChI is InChI=1S/C21H22Cl2N2O5/c1-21(2,3)30-20(29)25-17(19(27)28)18(26)24-16(12-4-8-14(22)9-5-12)13-6-10-15(23)11-7-13/h4-11,16-17H,1-3H3,(H,24,26)(H,25,29)(H,27,28). The molecule has 2 rings (SSSR count). The van der Waals surface area contributed by atoms with Crippen LogP contribution < -0.4 is 10.6 Å². The van der Waals surface area contributed by atoms with Crippen molar-refractivity contribution in [3.8, 4) is 0 Å². The molecule has 0 heterocycles. The average molecular weight is 453 g/mol. The second kappa shape index (κ2) is 9.82. The van der Waals surface area contributed by atoms with Crippen molar-refractivity contribution < 1.29 is 24.2 Å². The Bertz CT molecular complexity index is 863. The molecular weight excluding hydrogens is 431 g/mol. The molecule has 2 amide bonds. The number of halogens is 2. The van der Waals surface area contributed by atoms with Crippen LogP contribution in [0.1, 0.15) is 37.9 Å². The molecule has 0 spiro atoms. The Morgan fingerprint density at radius 1 is 0.867 bits per heavy atom. The Morgan fingerprint density at radius 2 is 1.30 bits per heavy atom. The summed E-state index contributed by atoms with van der Waals surface area (Å²) in [5, 5.41) is 15.2. The van der Waals surface area contributed by atoms with Gasteiger partial charge in [-0.2, -0.15) is 0 Å². The van der Waals surface area contributed by atoms with Crippen molar-refractivity contribution in [3.05, 3.63) is 69.7 Å². The van der Waals surface area contributed by atoms with Gasteiger partial charge in [0.25, 0.3) is 5.91 Å². The number of ether oxygens (including phenoxy) is 1. The molecule has 0 bridgehead atoms. The fraction of sp³-hybridized carbons (Fsp3) is 0.286. The zero-order valence-corrected chi connectivity index (χ0v) is 18.1. The molecule has 1 unspecified atom stereocenters. The predicted octanol–water partition coefficient (Wildman–Crippen LogP) is 4.18. The lowest BCUT2D eigenvalue weighted by atomic mass is 9.98. The van der Waals surface area contributed by atoms with Crippen LogP contribution in [0.15, 0.2) is 48.5 Å². The number of carbonyl (C=O) groups is 3. The van der Waals surface area contributed by atoms with E-state index in [2.05, 4.69) is 10.6 Å². The number of hydrogen-bond donors (Lipinski definition) is 3. The van der Waals surface area contributed by atoms with E-state index in [1.54, 1.807) is 69.3 Å². The Balaban J connectivity index is 2.28. The third kappa shape index (κ3) is 6.93. The first kappa shape index (κ1) is 23.5. The SMILES string of the molecule is CC(C)(C)OC(=O)NC(C(=O)O)C(=O)NC(c1ccc(Cl)cc1)c1ccc(Cl)cc1. The lowest BCUT2D eigenvalue weighted by Crippen LogP contribution is -2.53. The van der Waals surface area contributed by atoms with Crippen molar-refractivity contribution in [2.24, 2.45) is 0 Å². The number of rotatable bonds is 6. The average Bonchev–Trinajstić information content (AvgIpc) is 2.64. The van der Waals surface area contributed by atoms with Crippen LogP contribution >= 0.6 is 23.2 Å². The van der Waals surface area contributed by atoms with Gasteiger partial charge in [0.15, 0.2) is 0 Å². The summed E-state index contributed by atoms with van der Waals surface area (Å²) in [6.07, 6.45) is -1.01. The van der Waals surface area contributed by atoms with Crippen molar-refractivity contribution in [2.45, 2.75) is 38.5 Å². The molecule has 0 aromatic heterocycles. The second-order valence-corrected chi connectivity index (χ2v) is 8.34. The summed E-state index contributed by atoms with van der Waals surface area (Å²) in [4.78, 5) is 36.4. The molecule has 0 aliphatic rings. The van der Waals surface area contributed by atoms with Crippen LogP contribution in [0.5, 0.6) is 0 Å². The highest BCUT2D eigenvalue weighted by atomic mass is 35.5. The molecule has 2 aromatic carbocycles. The van der Waals surface area contributed by atoms with Crippen LogP contribution in [0, 0.1) is 0 Å². The molecule has 2 aromatic rings. The van der Waals surface area contributed by atoms with Gasteiger partial charge in [-0.3, -0.25) is 10.1 Å². The minimum Gasteiger partial charge on any atom is -0.479 e. The smallest absolute Gasteiger partial charge is 0.408 e. The van der Waals surface area contributed by atoms with Gasteiger partial charge in [-0.1, -0.05) is 47.5 Å². The molecule has 0 fully saturated rings. The number of carbonyl (C=O) groups excluding carboxylic acids is 2. The molecule has 30 heavy (non-hydrogen) atoms. The van der Waals surface area contributed by atoms with Gasteiger partial charge in [0.05, 0.1) is 6.04 Å². The topological polar surface area (TPSA) is 105 Å². The largest absolute Gasteiger partial charge is 0.479 e. The van der Waals surface area contributed by atoms with E-state index in [9.17, 15) is 19.5 Å². The highest BCUT2D eigenvalue weighted by Crippen LogP contribution is 2.25. The van der Waals surface area contributed by atoms with E-state index < -0.39 is 35.7 Å². The van der Waals surface area contributed by atoms with E-state index in [1.807, 2.05) is 0 Å². The van der Waals surface area contributed by atoms with Crippen LogP contribution in [0.4, 0.5) is 4.79 Å². The van der Waals surface area contributed by atoms with E-state index in [-0.39, 0.29) is 0 Å². The Morgan fingerprint density at radius 3 is 1.67 bits per heavy atom. The zero-order chi connectivity index (χ0) is 22.5. The van der Waals surface area contributed by atoms with Crippen molar-refractivity contribution in [1.82, 2.24) is 10.6 Å². The summed E-state index contributed by atoms with van der Waals surface area (Å²) in [6, 6.07) is 10.9. The molecule has 7 nitrogen and oxygen atoms in total. The third-order valence-corrected chi connectivity index (χ3v) is 4.37. The van der Waals surface area contributed by atoms with Gasteiger partial charge in [-0.15, -0.1) is 0 Å². The molecule has 3 N–H and O–H groups in total. The van der Waals surface area contributed by atoms with E-state index in [4.69, 9.17) is 27.9 Å². The van der Waals surface area contributed by atoms with E-state index in [0.29, 0.717) is 21.2 Å². The van der Waals surface area contributed by atoms with Gasteiger partial charge in [0.2, 0.25) is 6.04 Å².